The molecule has 3 heterocycles. The molecule has 0 unspecified atom stereocenters. The van der Waals surface area contributed by atoms with E-state index in [4.69, 9.17) is 9.72 Å². The number of aryl methyl sites for hydroxylation is 3. The lowest BCUT2D eigenvalue weighted by molar-refractivity contribution is -0.112. The van der Waals surface area contributed by atoms with Gasteiger partial charge in [0.05, 0.1) is 22.8 Å². The Labute approximate surface area is 296 Å². The van der Waals surface area contributed by atoms with Gasteiger partial charge in [-0.15, -0.1) is 0 Å². The number of methoxy groups -OCH3 is 1. The number of likely N-dealkylation sites (N-methyl/N-ethyl adjacent to an activating group) is 1. The summed E-state index contributed by atoms with van der Waals surface area (Å²) in [6.45, 7) is 8.73. The topological polar surface area (TPSA) is 93.4 Å². The Morgan fingerprint density at radius 2 is 1.80 bits per heavy atom. The predicted molar refractivity (Wildman–Crippen MR) is 198 cm³/mol. The van der Waals surface area contributed by atoms with Crippen LogP contribution in [0.15, 0.2) is 54.7 Å². The Morgan fingerprint density at radius 1 is 1.06 bits per heavy atom. The van der Waals surface area contributed by atoms with Crippen LogP contribution < -0.4 is 15.5 Å². The summed E-state index contributed by atoms with van der Waals surface area (Å²) in [5.41, 5.74) is 6.71. The van der Waals surface area contributed by atoms with Crippen molar-refractivity contribution < 1.29 is 23.1 Å². The van der Waals surface area contributed by atoms with Gasteiger partial charge in [-0.3, -0.25) is 9.59 Å². The first-order valence-electron chi connectivity index (χ1n) is 17.7. The maximum absolute atomic E-state index is 15.4. The molecule has 0 spiro atoms. The minimum Gasteiger partial charge on any atom is -0.381 e. The highest BCUT2D eigenvalue weighted by atomic mass is 19.1. The number of halogens is 2. The highest BCUT2D eigenvalue weighted by Gasteiger charge is 2.28. The number of fused-ring (bicyclic) bond motifs is 4. The van der Waals surface area contributed by atoms with Crippen LogP contribution in [-0.4, -0.2) is 64.7 Å². The van der Waals surface area contributed by atoms with E-state index in [-0.39, 0.29) is 5.56 Å². The number of hydrogen-bond donors (Lipinski definition) is 2. The first kappa shape index (κ1) is 34.6. The van der Waals surface area contributed by atoms with Crippen LogP contribution in [-0.2, 0) is 23.1 Å². The van der Waals surface area contributed by atoms with Crippen molar-refractivity contribution in [2.75, 3.05) is 37.0 Å². The molecule has 1 amide bonds. The fraction of sp³-hybridized carbons (Fsp3) is 0.375. The van der Waals surface area contributed by atoms with E-state index in [0.717, 1.165) is 89.1 Å². The molecule has 7 rings (SSSR count). The van der Waals surface area contributed by atoms with E-state index < -0.39 is 29.0 Å². The van der Waals surface area contributed by atoms with Crippen molar-refractivity contribution in [2.45, 2.75) is 65.1 Å². The zero-order valence-electron chi connectivity index (χ0n) is 29.8. The third kappa shape index (κ3) is 6.33. The molecule has 2 aromatic heterocycles. The van der Waals surface area contributed by atoms with Gasteiger partial charge in [0.25, 0.3) is 0 Å². The molecule has 266 valence electrons. The van der Waals surface area contributed by atoms with Gasteiger partial charge in [-0.1, -0.05) is 24.3 Å². The molecule has 2 N–H and O–H groups in total. The average Bonchev–Trinajstić information content (AvgIpc) is 3.63. The summed E-state index contributed by atoms with van der Waals surface area (Å²) in [6, 6.07) is 10.3. The molecule has 1 saturated carbocycles. The van der Waals surface area contributed by atoms with Crippen molar-refractivity contribution in [1.82, 2.24) is 19.4 Å². The predicted octanol–water partition coefficient (Wildman–Crippen LogP) is 7.20. The number of anilines is 2. The van der Waals surface area contributed by atoms with Crippen LogP contribution in [0.2, 0.25) is 0 Å². The van der Waals surface area contributed by atoms with Crippen molar-refractivity contribution in [1.29, 1.82) is 0 Å². The Morgan fingerprint density at radius 3 is 2.51 bits per heavy atom. The monoisotopic (exact) mass is 694 g/mol. The molecule has 2 aliphatic rings. The van der Waals surface area contributed by atoms with E-state index in [9.17, 15) is 9.59 Å². The second-order valence-electron chi connectivity index (χ2n) is 13.7. The van der Waals surface area contributed by atoms with Crippen LogP contribution in [0.3, 0.4) is 0 Å². The summed E-state index contributed by atoms with van der Waals surface area (Å²) in [7, 11) is 3.76. The molecule has 1 aliphatic heterocycles. The van der Waals surface area contributed by atoms with Crippen LogP contribution in [0.1, 0.15) is 59.9 Å². The molecule has 51 heavy (non-hydrogen) atoms. The van der Waals surface area contributed by atoms with Crippen LogP contribution in [0.25, 0.3) is 33.1 Å². The summed E-state index contributed by atoms with van der Waals surface area (Å²) in [6.07, 6.45) is 8.92. The zero-order valence-corrected chi connectivity index (χ0v) is 29.8. The van der Waals surface area contributed by atoms with Crippen molar-refractivity contribution in [2.24, 2.45) is 7.05 Å². The maximum Gasteiger partial charge on any atom is 0.248 e. The number of nitrogens with one attached hydrogen (secondary N) is 2. The summed E-state index contributed by atoms with van der Waals surface area (Å²) >= 11 is 0. The van der Waals surface area contributed by atoms with Gasteiger partial charge in [0.15, 0.2) is 5.78 Å². The van der Waals surface area contributed by atoms with Crippen LogP contribution in [0, 0.1) is 25.5 Å². The minimum absolute atomic E-state index is 0.136. The van der Waals surface area contributed by atoms with Crippen LogP contribution >= 0.6 is 0 Å². The largest absolute Gasteiger partial charge is 0.381 e. The van der Waals surface area contributed by atoms with Crippen molar-refractivity contribution in [3.63, 3.8) is 0 Å². The smallest absolute Gasteiger partial charge is 0.248 e. The lowest BCUT2D eigenvalue weighted by Crippen LogP contribution is -2.35. The number of carbonyl (C=O) groups excluding carboxylic acids is 2. The number of para-hydroxylation sites is 1. The normalized spacial score (nSPS) is 17.6. The number of hydrogen-bond acceptors (Lipinski definition) is 6. The molecule has 11 heteroatoms. The number of ether oxygens (including phenoxy) is 1. The lowest BCUT2D eigenvalue weighted by atomic mass is 9.93. The van der Waals surface area contributed by atoms with E-state index in [2.05, 4.69) is 50.6 Å². The summed E-state index contributed by atoms with van der Waals surface area (Å²) < 4.78 is 40.4. The Hall–Kier alpha value is -4.87. The molecule has 0 bridgehead atoms. The first-order chi connectivity index (χ1) is 24.6. The van der Waals surface area contributed by atoms with E-state index in [1.807, 2.05) is 26.1 Å². The van der Waals surface area contributed by atoms with Crippen molar-refractivity contribution in [3.8, 4) is 11.1 Å². The number of amides is 1. The van der Waals surface area contributed by atoms with Gasteiger partial charge in [-0.2, -0.15) is 0 Å². The zero-order chi connectivity index (χ0) is 36.0. The fourth-order valence-electron chi connectivity index (χ4n) is 7.82. The maximum atomic E-state index is 15.4. The highest BCUT2D eigenvalue weighted by molar-refractivity contribution is 6.19. The highest BCUT2D eigenvalue weighted by Crippen LogP contribution is 2.44. The second-order valence-corrected chi connectivity index (χ2v) is 13.7. The standard InChI is InChI=1S/C40H44F2N6O3/c1-6-47-17-18-48-22-30(28-9-7-10-29(38(28)48)35-23(2)19-33-37(39(35)47)44-24(3)46(33)4)40(50)25-20-31(41)36(32(42)21-25)45-34(49)11-8-16-43-26-12-14-27(51-5)15-13-26/h7-11,19-22,26-27,43H,6,12-18H2,1-5H3,(H,45,49)/b11-8+. The molecule has 0 saturated heterocycles. The number of rotatable bonds is 9. The molecule has 0 radical (unpaired) electrons. The van der Waals surface area contributed by atoms with Gasteiger partial charge in [0.2, 0.25) is 5.91 Å². The number of benzene rings is 3. The van der Waals surface area contributed by atoms with Gasteiger partial charge >= 0.3 is 0 Å². The van der Waals surface area contributed by atoms with Crippen LogP contribution in [0.4, 0.5) is 20.2 Å². The van der Waals surface area contributed by atoms with Gasteiger partial charge in [-0.25, -0.2) is 13.8 Å². The molecular formula is C40H44F2N6O3. The lowest BCUT2D eigenvalue weighted by Gasteiger charge is -2.30. The molecular weight excluding hydrogens is 650 g/mol. The minimum atomic E-state index is -1.02. The quantitative estimate of drug-likeness (QED) is 0.125. The Kier molecular flexibility index (Phi) is 9.52. The van der Waals surface area contributed by atoms with Gasteiger partial charge < -0.3 is 29.4 Å². The molecule has 1 fully saturated rings. The SMILES string of the molecule is CCN1CCn2cc(C(=O)c3cc(F)c(NC(=O)/C=C/CNC4CCC(OC)CC4)c(F)c3)c3cccc(c32)-c2c(C)cc3c(nc(C)n3C)c21. The number of imidazole rings is 1. The second kappa shape index (κ2) is 14.0. The van der Waals surface area contributed by atoms with Gasteiger partial charge in [-0.05, 0) is 70.2 Å². The number of carbonyl (C=O) groups is 2. The van der Waals surface area contributed by atoms with E-state index in [1.165, 1.54) is 6.08 Å². The third-order valence-electron chi connectivity index (χ3n) is 10.6. The van der Waals surface area contributed by atoms with Gasteiger partial charge in [0.1, 0.15) is 28.7 Å². The molecule has 9 nitrogen and oxygen atoms in total. The summed E-state index contributed by atoms with van der Waals surface area (Å²) in [5, 5.41) is 6.39. The van der Waals surface area contributed by atoms with Crippen molar-refractivity contribution >= 4 is 45.0 Å². The summed E-state index contributed by atoms with van der Waals surface area (Å²) in [4.78, 5) is 33.9. The first-order valence-corrected chi connectivity index (χ1v) is 17.7. The van der Waals surface area contributed by atoms with E-state index in [1.54, 1.807) is 19.4 Å². The molecule has 5 aromatic rings. The number of ketones is 1. The molecule has 0 atom stereocenters. The Bertz CT molecular complexity index is 2170. The van der Waals surface area contributed by atoms with Crippen molar-refractivity contribution in [3.05, 3.63) is 88.9 Å². The Balaban J connectivity index is 1.16. The van der Waals surface area contributed by atoms with E-state index in [0.29, 0.717) is 42.7 Å². The van der Waals surface area contributed by atoms with Crippen LogP contribution in [0.5, 0.6) is 0 Å². The van der Waals surface area contributed by atoms with Gasteiger partial charge in [0, 0.05) is 86.3 Å². The molecule has 1 aliphatic carbocycles. The van der Waals surface area contributed by atoms with E-state index >= 15 is 8.78 Å². The third-order valence-corrected chi connectivity index (χ3v) is 10.6. The fourth-order valence-corrected chi connectivity index (χ4v) is 7.82. The number of nitrogens with zero attached hydrogens (tertiary/aromatic N) is 4. The number of aromatic nitrogens is 3. The molecule has 3 aromatic carbocycles. The summed E-state index contributed by atoms with van der Waals surface area (Å²) in [5.74, 6) is -2.28. The average molecular weight is 695 g/mol.